The molecule has 0 spiro atoms. The topological polar surface area (TPSA) is 109 Å². The van der Waals surface area contributed by atoms with Crippen LogP contribution in [0.3, 0.4) is 0 Å². The minimum absolute atomic E-state index is 0.00822. The van der Waals surface area contributed by atoms with Crippen molar-refractivity contribution in [2.45, 2.75) is 43.2 Å². The van der Waals surface area contributed by atoms with E-state index in [2.05, 4.69) is 15.3 Å². The van der Waals surface area contributed by atoms with Crippen LogP contribution in [0.25, 0.3) is 11.3 Å². The first-order chi connectivity index (χ1) is 23.4. The van der Waals surface area contributed by atoms with Gasteiger partial charge in [-0.2, -0.15) is 23.1 Å². The van der Waals surface area contributed by atoms with Crippen molar-refractivity contribution in [3.05, 3.63) is 89.9 Å². The summed E-state index contributed by atoms with van der Waals surface area (Å²) in [6.07, 6.45) is -1.08. The minimum atomic E-state index is -4.65. The zero-order chi connectivity index (χ0) is 35.0. The number of nitrogens with one attached hydrogen (secondary N) is 1. The molecular formula is C35H37F4N3O6S. The fourth-order valence-corrected chi connectivity index (χ4v) is 6.01. The quantitative estimate of drug-likeness (QED) is 0.137. The summed E-state index contributed by atoms with van der Waals surface area (Å²) in [5.74, 6) is 2.79. The number of nitrogens with zero attached hydrogens (tertiary/aromatic N) is 2. The number of sulfone groups is 1. The Morgan fingerprint density at radius 3 is 2.37 bits per heavy atom. The van der Waals surface area contributed by atoms with Crippen molar-refractivity contribution < 1.29 is 44.9 Å². The summed E-state index contributed by atoms with van der Waals surface area (Å²) in [4.78, 5) is 7.47. The first-order valence-electron chi connectivity index (χ1n) is 15.8. The third-order valence-electron chi connectivity index (χ3n) is 8.02. The lowest BCUT2D eigenvalue weighted by molar-refractivity contribution is -0.141. The molecule has 1 aromatic heterocycles. The first-order valence-corrected chi connectivity index (χ1v) is 17.7. The van der Waals surface area contributed by atoms with E-state index in [9.17, 15) is 26.0 Å². The maximum absolute atomic E-state index is 13.2. The standard InChI is InChI=1S/C19H20FNO3.C16H17F3N2O3S/c20-15-3-1-13(2-4-15)17-7-8-21-10-14(17)11-22-16-5-6-18-19(9-16)24-12-23-18;1-3-4-9-24-15-20-13(10-14(21-15)16(17,18)19)11-5-7-12(8-6-11)25(2,22)23/h1-6,9,14,17,21H,7-8,10-12H2;5-8,10H,3-4,9H2,1-2H3/t14-,17-;/m0./s1. The van der Waals surface area contributed by atoms with Gasteiger partial charge in [0.25, 0.3) is 0 Å². The Labute approximate surface area is 282 Å². The average molecular weight is 704 g/mol. The molecule has 2 aliphatic rings. The highest BCUT2D eigenvalue weighted by Gasteiger charge is 2.34. The summed E-state index contributed by atoms with van der Waals surface area (Å²) in [5, 5.41) is 3.43. The Morgan fingerprint density at radius 1 is 0.939 bits per heavy atom. The second-order valence-electron chi connectivity index (χ2n) is 11.7. The molecule has 2 atom stereocenters. The SMILES string of the molecule is CCCCOc1nc(-c2ccc(S(C)(=O)=O)cc2)cc(C(F)(F)F)n1.Fc1ccc([C@@H]2CCNC[C@H]2COc2ccc3c(c2)OCO3)cc1. The molecule has 1 fully saturated rings. The normalized spacial score (nSPS) is 17.2. The summed E-state index contributed by atoms with van der Waals surface area (Å²) in [5.41, 5.74) is 0.405. The van der Waals surface area contributed by atoms with Gasteiger partial charge in [0, 0.05) is 30.3 Å². The number of piperidine rings is 1. The first kappa shape index (κ1) is 35.9. The van der Waals surface area contributed by atoms with Crippen molar-refractivity contribution in [1.82, 2.24) is 15.3 Å². The molecule has 3 aromatic carbocycles. The molecule has 262 valence electrons. The van der Waals surface area contributed by atoms with E-state index < -0.39 is 21.7 Å². The largest absolute Gasteiger partial charge is 0.493 e. The lowest BCUT2D eigenvalue weighted by atomic mass is 9.81. The van der Waals surface area contributed by atoms with Gasteiger partial charge in [-0.3, -0.25) is 0 Å². The number of hydrogen-bond acceptors (Lipinski definition) is 9. The Hall–Kier alpha value is -4.43. The molecule has 9 nitrogen and oxygen atoms in total. The minimum Gasteiger partial charge on any atom is -0.493 e. The highest BCUT2D eigenvalue weighted by atomic mass is 32.2. The van der Waals surface area contributed by atoms with Gasteiger partial charge in [-0.05, 0) is 73.3 Å². The molecule has 1 saturated heterocycles. The molecule has 2 aliphatic heterocycles. The molecule has 49 heavy (non-hydrogen) atoms. The summed E-state index contributed by atoms with van der Waals surface area (Å²) >= 11 is 0. The second kappa shape index (κ2) is 15.9. The fourth-order valence-electron chi connectivity index (χ4n) is 5.38. The van der Waals surface area contributed by atoms with Crippen molar-refractivity contribution >= 4 is 9.84 Å². The number of ether oxygens (including phenoxy) is 4. The van der Waals surface area contributed by atoms with Gasteiger partial charge in [-0.25, -0.2) is 12.8 Å². The molecule has 0 saturated carbocycles. The second-order valence-corrected chi connectivity index (χ2v) is 13.7. The van der Waals surface area contributed by atoms with E-state index in [4.69, 9.17) is 18.9 Å². The van der Waals surface area contributed by atoms with Crippen LogP contribution in [-0.4, -0.2) is 57.7 Å². The van der Waals surface area contributed by atoms with Crippen LogP contribution in [0.2, 0.25) is 0 Å². The smallest absolute Gasteiger partial charge is 0.433 e. The van der Waals surface area contributed by atoms with Crippen molar-refractivity contribution in [2.24, 2.45) is 5.92 Å². The molecule has 0 radical (unpaired) electrons. The van der Waals surface area contributed by atoms with Gasteiger partial charge in [0.05, 0.1) is 23.8 Å². The monoisotopic (exact) mass is 703 g/mol. The zero-order valence-electron chi connectivity index (χ0n) is 27.0. The predicted molar refractivity (Wildman–Crippen MR) is 174 cm³/mol. The van der Waals surface area contributed by atoms with Gasteiger partial charge in [0.1, 0.15) is 11.6 Å². The Balaban J connectivity index is 0.000000191. The zero-order valence-corrected chi connectivity index (χ0v) is 27.8. The van der Waals surface area contributed by atoms with Gasteiger partial charge in [-0.1, -0.05) is 37.6 Å². The molecule has 0 bridgehead atoms. The predicted octanol–water partition coefficient (Wildman–Crippen LogP) is 7.07. The molecule has 0 amide bonds. The van der Waals surface area contributed by atoms with Crippen molar-refractivity contribution in [2.75, 3.05) is 39.4 Å². The van der Waals surface area contributed by atoms with E-state index >= 15 is 0 Å². The molecule has 0 unspecified atom stereocenters. The van der Waals surface area contributed by atoms with Crippen molar-refractivity contribution in [3.63, 3.8) is 0 Å². The summed E-state index contributed by atoms with van der Waals surface area (Å²) in [7, 11) is -3.39. The molecule has 6 rings (SSSR count). The van der Waals surface area contributed by atoms with Gasteiger partial charge in [0.15, 0.2) is 27.0 Å². The van der Waals surface area contributed by atoms with Crippen LogP contribution in [0.5, 0.6) is 23.3 Å². The number of aromatic nitrogens is 2. The highest BCUT2D eigenvalue weighted by molar-refractivity contribution is 7.90. The van der Waals surface area contributed by atoms with Crippen LogP contribution in [0, 0.1) is 11.7 Å². The molecule has 3 heterocycles. The summed E-state index contributed by atoms with van der Waals surface area (Å²) < 4.78 is 97.2. The Kier molecular flexibility index (Phi) is 11.6. The fraction of sp³-hybridized carbons (Fsp3) is 0.371. The van der Waals surface area contributed by atoms with Gasteiger partial charge >= 0.3 is 12.2 Å². The van der Waals surface area contributed by atoms with Crippen molar-refractivity contribution in [3.8, 4) is 34.5 Å². The van der Waals surface area contributed by atoms with E-state index in [0.717, 1.165) is 55.5 Å². The summed E-state index contributed by atoms with van der Waals surface area (Å²) in [6, 6.07) is 18.4. The Bertz CT molecular complexity index is 1810. The van der Waals surface area contributed by atoms with Crippen LogP contribution in [0.1, 0.15) is 43.4 Å². The maximum atomic E-state index is 13.2. The van der Waals surface area contributed by atoms with Gasteiger partial charge < -0.3 is 24.3 Å². The average Bonchev–Trinajstić information content (AvgIpc) is 3.56. The van der Waals surface area contributed by atoms with Crippen LogP contribution in [0.4, 0.5) is 17.6 Å². The Morgan fingerprint density at radius 2 is 1.67 bits per heavy atom. The third kappa shape index (κ3) is 9.82. The van der Waals surface area contributed by atoms with Crippen molar-refractivity contribution in [1.29, 1.82) is 0 Å². The lowest BCUT2D eigenvalue weighted by Gasteiger charge is -2.32. The third-order valence-corrected chi connectivity index (χ3v) is 9.15. The number of alkyl halides is 3. The van der Waals surface area contributed by atoms with Crippen LogP contribution < -0.4 is 24.3 Å². The van der Waals surface area contributed by atoms with Crippen LogP contribution in [-0.2, 0) is 16.0 Å². The molecule has 1 N–H and O–H groups in total. The molecule has 0 aliphatic carbocycles. The maximum Gasteiger partial charge on any atom is 0.433 e. The number of hydrogen-bond donors (Lipinski definition) is 1. The number of rotatable bonds is 10. The highest BCUT2D eigenvalue weighted by Crippen LogP contribution is 2.36. The molecule has 14 heteroatoms. The van der Waals surface area contributed by atoms with E-state index in [1.807, 2.05) is 37.3 Å². The molecule has 4 aromatic rings. The van der Waals surface area contributed by atoms with E-state index in [1.54, 1.807) is 0 Å². The van der Waals surface area contributed by atoms with Crippen LogP contribution in [0.15, 0.2) is 77.7 Å². The van der Waals surface area contributed by atoms with E-state index in [-0.39, 0.29) is 35.8 Å². The van der Waals surface area contributed by atoms with Crippen LogP contribution >= 0.6 is 0 Å². The molecular weight excluding hydrogens is 666 g/mol. The van der Waals surface area contributed by atoms with Gasteiger partial charge in [-0.15, -0.1) is 0 Å². The van der Waals surface area contributed by atoms with E-state index in [1.165, 1.54) is 42.0 Å². The number of halogens is 4. The number of unbranched alkanes of at least 4 members (excludes halogenated alkanes) is 1. The van der Waals surface area contributed by atoms with Gasteiger partial charge in [0.2, 0.25) is 6.79 Å². The van der Waals surface area contributed by atoms with E-state index in [0.29, 0.717) is 30.4 Å². The number of fused-ring (bicyclic) bond motifs is 1. The number of benzene rings is 3. The summed E-state index contributed by atoms with van der Waals surface area (Å²) in [6.45, 7) is 4.87. The lowest BCUT2D eigenvalue weighted by Crippen LogP contribution is -2.38.